The molecule has 108 valence electrons. The van der Waals surface area contributed by atoms with Crippen LogP contribution in [0.2, 0.25) is 5.15 Å². The smallest absolute Gasteiger partial charge is 0.254 e. The van der Waals surface area contributed by atoms with E-state index in [1.165, 1.54) is 0 Å². The second kappa shape index (κ2) is 5.74. The van der Waals surface area contributed by atoms with Crippen molar-refractivity contribution in [1.29, 1.82) is 0 Å². The van der Waals surface area contributed by atoms with Crippen LogP contribution in [-0.2, 0) is 6.54 Å². The van der Waals surface area contributed by atoms with Crippen LogP contribution in [0, 0.1) is 6.92 Å². The lowest BCUT2D eigenvalue weighted by Gasteiger charge is -2.20. The summed E-state index contributed by atoms with van der Waals surface area (Å²) in [4.78, 5) is 18.5. The molecule has 0 saturated carbocycles. The molecule has 1 aromatic carbocycles. The molecule has 1 aromatic heterocycles. The standard InChI is InChI=1S/C16H15ClN2O2/c1-11-8-13(9-15(17)18-11)16(20)19-6-7-21-14-5-3-2-4-12(14)10-19/h2-5,8-9H,6-7,10H2,1H3. The molecular formula is C16H15ClN2O2. The molecule has 0 N–H and O–H groups in total. The number of aryl methyl sites for hydroxylation is 1. The molecule has 0 radical (unpaired) electrons. The van der Waals surface area contributed by atoms with Gasteiger partial charge in [-0.2, -0.15) is 0 Å². The van der Waals surface area contributed by atoms with Crippen LogP contribution >= 0.6 is 11.6 Å². The predicted octanol–water partition coefficient (Wildman–Crippen LogP) is 3.08. The zero-order chi connectivity index (χ0) is 14.8. The number of ether oxygens (including phenoxy) is 1. The molecule has 0 bridgehead atoms. The van der Waals surface area contributed by atoms with E-state index in [1.807, 2.05) is 31.2 Å². The highest BCUT2D eigenvalue weighted by molar-refractivity contribution is 6.29. The molecule has 0 aliphatic carbocycles. The minimum Gasteiger partial charge on any atom is -0.491 e. The van der Waals surface area contributed by atoms with Gasteiger partial charge >= 0.3 is 0 Å². The summed E-state index contributed by atoms with van der Waals surface area (Å²) >= 11 is 5.94. The highest BCUT2D eigenvalue weighted by Crippen LogP contribution is 2.23. The molecule has 5 heteroatoms. The second-order valence-electron chi connectivity index (χ2n) is 5.00. The zero-order valence-electron chi connectivity index (χ0n) is 11.7. The van der Waals surface area contributed by atoms with Gasteiger partial charge in [-0.3, -0.25) is 4.79 Å². The van der Waals surface area contributed by atoms with Gasteiger partial charge in [0.1, 0.15) is 17.5 Å². The molecule has 2 aromatic rings. The first-order valence-electron chi connectivity index (χ1n) is 6.77. The lowest BCUT2D eigenvalue weighted by molar-refractivity contribution is 0.0733. The molecule has 2 heterocycles. The van der Waals surface area contributed by atoms with Gasteiger partial charge in [-0.05, 0) is 25.1 Å². The van der Waals surface area contributed by atoms with Gasteiger partial charge in [0, 0.05) is 23.4 Å². The van der Waals surface area contributed by atoms with E-state index in [1.54, 1.807) is 17.0 Å². The molecule has 0 saturated heterocycles. The Bertz CT molecular complexity index is 667. The second-order valence-corrected chi connectivity index (χ2v) is 5.39. The van der Waals surface area contributed by atoms with Crippen molar-refractivity contribution in [2.75, 3.05) is 13.2 Å². The fraction of sp³-hybridized carbons (Fsp3) is 0.250. The molecule has 1 amide bonds. The quantitative estimate of drug-likeness (QED) is 0.760. The van der Waals surface area contributed by atoms with Crippen molar-refractivity contribution in [2.45, 2.75) is 13.5 Å². The van der Waals surface area contributed by atoms with Crippen LogP contribution in [0.25, 0.3) is 0 Å². The van der Waals surface area contributed by atoms with Gasteiger partial charge in [-0.15, -0.1) is 0 Å². The Balaban J connectivity index is 1.88. The van der Waals surface area contributed by atoms with Gasteiger partial charge in [0.15, 0.2) is 0 Å². The van der Waals surface area contributed by atoms with Crippen molar-refractivity contribution >= 4 is 17.5 Å². The summed E-state index contributed by atoms with van der Waals surface area (Å²) in [7, 11) is 0. The van der Waals surface area contributed by atoms with E-state index in [4.69, 9.17) is 16.3 Å². The molecule has 1 aliphatic heterocycles. The molecule has 0 fully saturated rings. The number of carbonyl (C=O) groups is 1. The number of hydrogen-bond donors (Lipinski definition) is 0. The normalized spacial score (nSPS) is 14.1. The highest BCUT2D eigenvalue weighted by atomic mass is 35.5. The van der Waals surface area contributed by atoms with Crippen LogP contribution in [0.1, 0.15) is 21.6 Å². The average Bonchev–Trinajstić information content (AvgIpc) is 2.67. The number of nitrogens with zero attached hydrogens (tertiary/aromatic N) is 2. The lowest BCUT2D eigenvalue weighted by atomic mass is 10.1. The number of rotatable bonds is 1. The van der Waals surface area contributed by atoms with E-state index in [0.717, 1.165) is 17.0 Å². The summed E-state index contributed by atoms with van der Waals surface area (Å²) in [6.07, 6.45) is 0. The topological polar surface area (TPSA) is 42.4 Å². The molecular weight excluding hydrogens is 288 g/mol. The van der Waals surface area contributed by atoms with Gasteiger partial charge in [0.25, 0.3) is 5.91 Å². The van der Waals surface area contributed by atoms with Crippen LogP contribution < -0.4 is 4.74 Å². The summed E-state index contributed by atoms with van der Waals surface area (Å²) < 4.78 is 5.68. The van der Waals surface area contributed by atoms with Crippen LogP contribution in [-0.4, -0.2) is 28.9 Å². The Morgan fingerprint density at radius 2 is 2.14 bits per heavy atom. The predicted molar refractivity (Wildman–Crippen MR) is 80.7 cm³/mol. The SMILES string of the molecule is Cc1cc(C(=O)N2CCOc3ccccc3C2)cc(Cl)n1. The van der Waals surface area contributed by atoms with E-state index >= 15 is 0 Å². The number of carbonyl (C=O) groups excluding carboxylic acids is 1. The maximum absolute atomic E-state index is 12.7. The molecule has 21 heavy (non-hydrogen) atoms. The third-order valence-corrected chi connectivity index (χ3v) is 3.60. The Morgan fingerprint density at radius 1 is 1.33 bits per heavy atom. The Kier molecular flexibility index (Phi) is 3.80. The number of halogens is 1. The molecule has 0 atom stereocenters. The minimum atomic E-state index is -0.0531. The fourth-order valence-corrected chi connectivity index (χ4v) is 2.68. The lowest BCUT2D eigenvalue weighted by Crippen LogP contribution is -2.32. The molecule has 4 nitrogen and oxygen atoms in total. The number of para-hydroxylation sites is 1. The van der Waals surface area contributed by atoms with Crippen LogP contribution in [0.15, 0.2) is 36.4 Å². The van der Waals surface area contributed by atoms with Gasteiger partial charge in [-0.1, -0.05) is 29.8 Å². The van der Waals surface area contributed by atoms with Crippen molar-refractivity contribution in [1.82, 2.24) is 9.88 Å². The van der Waals surface area contributed by atoms with Crippen LogP contribution in [0.5, 0.6) is 5.75 Å². The summed E-state index contributed by atoms with van der Waals surface area (Å²) in [5.74, 6) is 0.791. The molecule has 0 spiro atoms. The first-order chi connectivity index (χ1) is 10.1. The summed E-state index contributed by atoms with van der Waals surface area (Å²) in [5.41, 5.74) is 2.31. The first kappa shape index (κ1) is 13.9. The van der Waals surface area contributed by atoms with Gasteiger partial charge in [-0.25, -0.2) is 4.98 Å². The maximum Gasteiger partial charge on any atom is 0.254 e. The third kappa shape index (κ3) is 3.00. The highest BCUT2D eigenvalue weighted by Gasteiger charge is 2.21. The fourth-order valence-electron chi connectivity index (χ4n) is 2.43. The molecule has 3 rings (SSSR count). The Labute approximate surface area is 128 Å². The molecule has 0 unspecified atom stereocenters. The zero-order valence-corrected chi connectivity index (χ0v) is 12.4. The number of aromatic nitrogens is 1. The minimum absolute atomic E-state index is 0.0531. The van der Waals surface area contributed by atoms with Gasteiger partial charge in [0.05, 0.1) is 6.54 Å². The van der Waals surface area contributed by atoms with Crippen molar-refractivity contribution in [3.05, 3.63) is 58.4 Å². The van der Waals surface area contributed by atoms with Gasteiger partial charge < -0.3 is 9.64 Å². The average molecular weight is 303 g/mol. The summed E-state index contributed by atoms with van der Waals surface area (Å²) in [6, 6.07) is 11.1. The third-order valence-electron chi connectivity index (χ3n) is 3.41. The monoisotopic (exact) mass is 302 g/mol. The summed E-state index contributed by atoms with van der Waals surface area (Å²) in [6.45, 7) is 3.39. The first-order valence-corrected chi connectivity index (χ1v) is 7.15. The van der Waals surface area contributed by atoms with Crippen molar-refractivity contribution in [3.8, 4) is 5.75 Å². The molecule has 1 aliphatic rings. The van der Waals surface area contributed by atoms with E-state index in [0.29, 0.717) is 30.4 Å². The van der Waals surface area contributed by atoms with Crippen LogP contribution in [0.4, 0.5) is 0 Å². The largest absolute Gasteiger partial charge is 0.491 e. The number of amides is 1. The van der Waals surface area contributed by atoms with Gasteiger partial charge in [0.2, 0.25) is 0 Å². The summed E-state index contributed by atoms with van der Waals surface area (Å²) in [5, 5.41) is 0.338. The van der Waals surface area contributed by atoms with Crippen LogP contribution in [0.3, 0.4) is 0 Å². The van der Waals surface area contributed by atoms with Crippen molar-refractivity contribution < 1.29 is 9.53 Å². The number of fused-ring (bicyclic) bond motifs is 1. The number of pyridine rings is 1. The van der Waals surface area contributed by atoms with E-state index in [9.17, 15) is 4.79 Å². The van der Waals surface area contributed by atoms with Crippen molar-refractivity contribution in [2.24, 2.45) is 0 Å². The Morgan fingerprint density at radius 3 is 2.95 bits per heavy atom. The number of benzene rings is 1. The van der Waals surface area contributed by atoms with E-state index in [-0.39, 0.29) is 5.91 Å². The van der Waals surface area contributed by atoms with Crippen molar-refractivity contribution in [3.63, 3.8) is 0 Å². The van der Waals surface area contributed by atoms with E-state index < -0.39 is 0 Å². The van der Waals surface area contributed by atoms with E-state index in [2.05, 4.69) is 4.98 Å². The Hall–Kier alpha value is -2.07. The number of hydrogen-bond acceptors (Lipinski definition) is 3. The maximum atomic E-state index is 12.7.